The fourth-order valence-electron chi connectivity index (χ4n) is 2.76. The lowest BCUT2D eigenvalue weighted by Crippen LogP contribution is -2.21. The summed E-state index contributed by atoms with van der Waals surface area (Å²) >= 11 is 6.33. The number of aromatic nitrogens is 2. The summed E-state index contributed by atoms with van der Waals surface area (Å²) in [5.74, 6) is 1.18. The number of oxime groups is 1. The summed E-state index contributed by atoms with van der Waals surface area (Å²) in [6.45, 7) is 11.5. The number of rotatable bonds is 6. The minimum Gasteiger partial charge on any atom is -0.411 e. The molecule has 1 atom stereocenters. The molecule has 8 heteroatoms. The number of anilines is 2. The lowest BCUT2D eigenvalue weighted by Gasteiger charge is -2.18. The van der Waals surface area contributed by atoms with Gasteiger partial charge in [-0.1, -0.05) is 22.8 Å². The molecule has 1 aromatic carbocycles. The summed E-state index contributed by atoms with van der Waals surface area (Å²) in [5.41, 5.74) is 5.43. The molecule has 28 heavy (non-hydrogen) atoms. The van der Waals surface area contributed by atoms with E-state index in [0.717, 1.165) is 28.1 Å². The second-order valence-corrected chi connectivity index (χ2v) is 7.07. The molecule has 1 unspecified atom stereocenters. The molecule has 0 radical (unpaired) electrons. The Labute approximate surface area is 170 Å². The van der Waals surface area contributed by atoms with E-state index in [2.05, 4.69) is 31.0 Å². The summed E-state index contributed by atoms with van der Waals surface area (Å²) in [7, 11) is 0. The van der Waals surface area contributed by atoms with E-state index in [1.54, 1.807) is 13.0 Å². The molecule has 0 fully saturated rings. The van der Waals surface area contributed by atoms with Crippen molar-refractivity contribution in [2.45, 2.75) is 47.7 Å². The van der Waals surface area contributed by atoms with Crippen molar-refractivity contribution >= 4 is 34.7 Å². The van der Waals surface area contributed by atoms with Crippen LogP contribution in [0.2, 0.25) is 0 Å². The molecule has 0 aliphatic carbocycles. The molecule has 0 saturated carbocycles. The highest BCUT2D eigenvalue weighted by Gasteiger charge is 2.12. The van der Waals surface area contributed by atoms with Gasteiger partial charge >= 0.3 is 0 Å². The Hall–Kier alpha value is -2.80. The third-order valence-electron chi connectivity index (χ3n) is 4.23. The Morgan fingerprint density at radius 1 is 1.25 bits per heavy atom. The number of nitrogens with zero attached hydrogens (tertiary/aromatic N) is 3. The number of aryl methyl sites for hydroxylation is 3. The van der Waals surface area contributed by atoms with Gasteiger partial charge in [0, 0.05) is 23.0 Å². The number of H-pyrrole nitrogens is 1. The Balaban J connectivity index is 2.26. The predicted octanol–water partition coefficient (Wildman–Crippen LogP) is 4.94. The zero-order valence-corrected chi connectivity index (χ0v) is 17.8. The normalized spacial score (nSPS) is 14.2. The molecule has 2 aromatic rings. The largest absolute Gasteiger partial charge is 0.411 e. The van der Waals surface area contributed by atoms with Crippen LogP contribution in [0.3, 0.4) is 0 Å². The van der Waals surface area contributed by atoms with E-state index in [1.807, 2.05) is 52.8 Å². The standard InChI is InChI=1S/C20H27ClN6O/c1-7-17(21)20(24-19-10-13(4)25-26-19)23-15(6)22-18-9-11(2)16(8-12(18)3)14(5)27-28/h7-10,15,22,28H,1-6H3,(H2,23,24,25,26)/b17-7+,27-14+. The van der Waals surface area contributed by atoms with Gasteiger partial charge in [-0.05, 0) is 64.8 Å². The molecule has 0 bridgehead atoms. The molecule has 0 amide bonds. The summed E-state index contributed by atoms with van der Waals surface area (Å²) in [6, 6.07) is 5.89. The van der Waals surface area contributed by atoms with Gasteiger partial charge in [-0.3, -0.25) is 5.10 Å². The van der Waals surface area contributed by atoms with Gasteiger partial charge < -0.3 is 15.8 Å². The Morgan fingerprint density at radius 3 is 2.54 bits per heavy atom. The van der Waals surface area contributed by atoms with Crippen LogP contribution < -0.4 is 10.6 Å². The number of aromatic amines is 1. The Morgan fingerprint density at radius 2 is 1.96 bits per heavy atom. The lowest BCUT2D eigenvalue weighted by molar-refractivity contribution is 0.319. The van der Waals surface area contributed by atoms with Crippen molar-refractivity contribution in [3.8, 4) is 0 Å². The van der Waals surface area contributed by atoms with Crippen LogP contribution in [0.25, 0.3) is 0 Å². The molecule has 0 saturated heterocycles. The summed E-state index contributed by atoms with van der Waals surface area (Å²) < 4.78 is 0. The molecule has 150 valence electrons. The van der Waals surface area contributed by atoms with Crippen LogP contribution in [0.5, 0.6) is 0 Å². The third kappa shape index (κ3) is 5.36. The molecule has 1 aromatic heterocycles. The average molecular weight is 403 g/mol. The van der Waals surface area contributed by atoms with E-state index in [4.69, 9.17) is 16.8 Å². The maximum atomic E-state index is 9.04. The van der Waals surface area contributed by atoms with Crippen LogP contribution in [-0.4, -0.2) is 33.1 Å². The van der Waals surface area contributed by atoms with Gasteiger partial charge in [-0.15, -0.1) is 0 Å². The van der Waals surface area contributed by atoms with Crippen molar-refractivity contribution in [1.29, 1.82) is 0 Å². The number of benzene rings is 1. The van der Waals surface area contributed by atoms with E-state index >= 15 is 0 Å². The first kappa shape index (κ1) is 21.5. The second kappa shape index (κ2) is 9.41. The molecular weight excluding hydrogens is 376 g/mol. The molecule has 7 nitrogen and oxygen atoms in total. The topological polar surface area (TPSA) is 97.7 Å². The van der Waals surface area contributed by atoms with Crippen LogP contribution in [-0.2, 0) is 0 Å². The summed E-state index contributed by atoms with van der Waals surface area (Å²) in [5, 5.41) is 26.4. The van der Waals surface area contributed by atoms with Crippen molar-refractivity contribution in [3.05, 3.63) is 51.7 Å². The second-order valence-electron chi connectivity index (χ2n) is 6.66. The fourth-order valence-corrected chi connectivity index (χ4v) is 2.86. The van der Waals surface area contributed by atoms with Gasteiger partial charge in [0.1, 0.15) is 12.0 Å². The van der Waals surface area contributed by atoms with Gasteiger partial charge in [-0.25, -0.2) is 4.99 Å². The fraction of sp³-hybridized carbons (Fsp3) is 0.350. The van der Waals surface area contributed by atoms with Gasteiger partial charge in [0.25, 0.3) is 0 Å². The van der Waals surface area contributed by atoms with Crippen LogP contribution in [0, 0.1) is 20.8 Å². The zero-order chi connectivity index (χ0) is 20.8. The number of nitrogens with one attached hydrogen (secondary N) is 3. The van der Waals surface area contributed by atoms with Crippen molar-refractivity contribution in [2.24, 2.45) is 10.1 Å². The van der Waals surface area contributed by atoms with Crippen LogP contribution in [0.15, 0.2) is 39.5 Å². The average Bonchev–Trinajstić information content (AvgIpc) is 3.07. The Kier molecular flexibility index (Phi) is 7.23. The molecule has 0 aliphatic rings. The first-order chi connectivity index (χ1) is 13.2. The molecule has 4 N–H and O–H groups in total. The van der Waals surface area contributed by atoms with Crippen LogP contribution >= 0.6 is 11.6 Å². The van der Waals surface area contributed by atoms with E-state index in [1.165, 1.54) is 0 Å². The maximum absolute atomic E-state index is 9.04. The maximum Gasteiger partial charge on any atom is 0.153 e. The number of hydrogen-bond acceptors (Lipinski definition) is 5. The summed E-state index contributed by atoms with van der Waals surface area (Å²) in [6.07, 6.45) is 1.54. The predicted molar refractivity (Wildman–Crippen MR) is 117 cm³/mol. The van der Waals surface area contributed by atoms with Crippen molar-refractivity contribution in [1.82, 2.24) is 10.2 Å². The molecular formula is C20H27ClN6O. The highest BCUT2D eigenvalue weighted by molar-refractivity contribution is 6.44. The van der Waals surface area contributed by atoms with E-state index < -0.39 is 0 Å². The highest BCUT2D eigenvalue weighted by atomic mass is 35.5. The number of aliphatic imine (C=N–C) groups is 1. The van der Waals surface area contributed by atoms with Gasteiger partial charge in [0.2, 0.25) is 0 Å². The number of allylic oxidation sites excluding steroid dienone is 1. The van der Waals surface area contributed by atoms with Gasteiger partial charge in [0.15, 0.2) is 5.82 Å². The van der Waals surface area contributed by atoms with E-state index in [-0.39, 0.29) is 6.17 Å². The minimum absolute atomic E-state index is 0.243. The smallest absolute Gasteiger partial charge is 0.153 e. The van der Waals surface area contributed by atoms with Crippen molar-refractivity contribution < 1.29 is 5.21 Å². The van der Waals surface area contributed by atoms with Crippen molar-refractivity contribution in [3.63, 3.8) is 0 Å². The monoisotopic (exact) mass is 402 g/mol. The first-order valence-corrected chi connectivity index (χ1v) is 9.38. The van der Waals surface area contributed by atoms with Gasteiger partial charge in [-0.2, -0.15) is 5.10 Å². The molecule has 2 rings (SSSR count). The van der Waals surface area contributed by atoms with Crippen molar-refractivity contribution in [2.75, 3.05) is 10.6 Å². The third-order valence-corrected chi connectivity index (χ3v) is 4.63. The number of halogens is 1. The zero-order valence-electron chi connectivity index (χ0n) is 17.1. The molecule has 0 spiro atoms. The Bertz CT molecular complexity index is 929. The highest BCUT2D eigenvalue weighted by Crippen LogP contribution is 2.22. The van der Waals surface area contributed by atoms with E-state index in [0.29, 0.717) is 22.4 Å². The first-order valence-electron chi connectivity index (χ1n) is 9.01. The lowest BCUT2D eigenvalue weighted by atomic mass is 10.0. The molecule has 1 heterocycles. The van der Waals surface area contributed by atoms with Crippen LogP contribution in [0.4, 0.5) is 11.5 Å². The minimum atomic E-state index is -0.243. The van der Waals surface area contributed by atoms with Crippen LogP contribution in [0.1, 0.15) is 43.2 Å². The number of hydrogen-bond donors (Lipinski definition) is 4. The number of amidine groups is 1. The summed E-state index contributed by atoms with van der Waals surface area (Å²) in [4.78, 5) is 4.67. The molecule has 0 aliphatic heterocycles. The SMILES string of the molecule is C/C=C(Cl)\C(=N/C(C)Nc1cc(C)c(/C(C)=N/O)cc1C)Nc1cc(C)[nH]n1. The quantitative estimate of drug-likeness (QED) is 0.238. The van der Waals surface area contributed by atoms with Gasteiger partial charge in [0.05, 0.1) is 10.7 Å². The van der Waals surface area contributed by atoms with E-state index in [9.17, 15) is 0 Å².